The van der Waals surface area contributed by atoms with Crippen molar-refractivity contribution in [1.29, 1.82) is 0 Å². The maximum atomic E-state index is 13.2. The van der Waals surface area contributed by atoms with Gasteiger partial charge in [0.25, 0.3) is 5.91 Å². The summed E-state index contributed by atoms with van der Waals surface area (Å²) in [5.74, 6) is 0.190. The molecule has 98 valence electrons. The number of carbonyl (C=O) groups excluding carboxylic acids is 1. The number of benzene rings is 1. The van der Waals surface area contributed by atoms with Gasteiger partial charge >= 0.3 is 0 Å². The van der Waals surface area contributed by atoms with Gasteiger partial charge in [0.1, 0.15) is 5.82 Å². The van der Waals surface area contributed by atoms with Crippen molar-refractivity contribution < 1.29 is 9.18 Å². The highest BCUT2D eigenvalue weighted by Crippen LogP contribution is 2.24. The molecule has 1 aromatic carbocycles. The average molecular weight is 314 g/mol. The molecule has 18 heavy (non-hydrogen) atoms. The molecule has 0 aliphatic carbocycles. The number of piperidine rings is 1. The molecule has 1 saturated heterocycles. The average Bonchev–Trinajstić information content (AvgIpc) is 2.35. The lowest BCUT2D eigenvalue weighted by Gasteiger charge is -2.36. The minimum absolute atomic E-state index is 0.00486. The molecule has 4 heteroatoms. The Morgan fingerprint density at radius 1 is 1.39 bits per heavy atom. The van der Waals surface area contributed by atoms with Crippen LogP contribution in [0, 0.1) is 11.7 Å². The zero-order valence-corrected chi connectivity index (χ0v) is 12.2. The molecule has 1 heterocycles. The Kier molecular flexibility index (Phi) is 4.05. The van der Waals surface area contributed by atoms with Gasteiger partial charge in [0, 0.05) is 18.2 Å². The van der Waals surface area contributed by atoms with Crippen LogP contribution in [0.25, 0.3) is 0 Å². The molecule has 0 N–H and O–H groups in total. The van der Waals surface area contributed by atoms with Gasteiger partial charge in [-0.15, -0.1) is 0 Å². The predicted octanol–water partition coefficient (Wildman–Crippen LogP) is 3.85. The molecule has 1 fully saturated rings. The minimum Gasteiger partial charge on any atom is -0.336 e. The molecule has 0 saturated carbocycles. The van der Waals surface area contributed by atoms with E-state index in [0.717, 1.165) is 19.4 Å². The van der Waals surface area contributed by atoms with E-state index in [1.807, 2.05) is 4.90 Å². The highest BCUT2D eigenvalue weighted by molar-refractivity contribution is 9.10. The summed E-state index contributed by atoms with van der Waals surface area (Å²) in [5, 5.41) is 0. The molecule has 0 aromatic heterocycles. The van der Waals surface area contributed by atoms with Crippen molar-refractivity contribution in [2.45, 2.75) is 32.7 Å². The highest BCUT2D eigenvalue weighted by atomic mass is 79.9. The van der Waals surface area contributed by atoms with E-state index in [-0.39, 0.29) is 17.8 Å². The summed E-state index contributed by atoms with van der Waals surface area (Å²) in [6.45, 7) is 5.02. The summed E-state index contributed by atoms with van der Waals surface area (Å²) in [5.41, 5.74) is 0.546. The maximum absolute atomic E-state index is 13.2. The van der Waals surface area contributed by atoms with E-state index >= 15 is 0 Å². The first kappa shape index (κ1) is 13.5. The molecule has 1 aliphatic heterocycles. The Bertz CT molecular complexity index is 463. The Balaban J connectivity index is 2.21. The van der Waals surface area contributed by atoms with E-state index in [2.05, 4.69) is 29.8 Å². The zero-order valence-electron chi connectivity index (χ0n) is 10.6. The smallest absolute Gasteiger partial charge is 0.254 e. The topological polar surface area (TPSA) is 20.3 Å². The van der Waals surface area contributed by atoms with Crippen LogP contribution < -0.4 is 0 Å². The first-order valence-corrected chi connectivity index (χ1v) is 7.04. The van der Waals surface area contributed by atoms with E-state index in [9.17, 15) is 9.18 Å². The second-order valence-corrected chi connectivity index (χ2v) is 5.97. The number of hydrogen-bond acceptors (Lipinski definition) is 1. The van der Waals surface area contributed by atoms with Gasteiger partial charge in [-0.3, -0.25) is 4.79 Å². The van der Waals surface area contributed by atoms with Gasteiger partial charge in [0.15, 0.2) is 0 Å². The van der Waals surface area contributed by atoms with Crippen LogP contribution in [0.4, 0.5) is 4.39 Å². The lowest BCUT2D eigenvalue weighted by molar-refractivity contribution is 0.0574. The van der Waals surface area contributed by atoms with Crippen molar-refractivity contribution in [1.82, 2.24) is 4.90 Å². The SMILES string of the molecule is CC1CCC(C)N(C(=O)c2ccc(F)c(Br)c2)C1. The summed E-state index contributed by atoms with van der Waals surface area (Å²) in [4.78, 5) is 14.3. The number of likely N-dealkylation sites (tertiary alicyclic amines) is 1. The lowest BCUT2D eigenvalue weighted by atomic mass is 9.94. The van der Waals surface area contributed by atoms with Gasteiger partial charge in [-0.05, 0) is 59.8 Å². The molecule has 0 spiro atoms. The Hall–Kier alpha value is -0.900. The number of halogens is 2. The minimum atomic E-state index is -0.341. The molecule has 2 rings (SSSR count). The molecule has 2 unspecified atom stereocenters. The quantitative estimate of drug-likeness (QED) is 0.771. The van der Waals surface area contributed by atoms with Gasteiger partial charge in [0.2, 0.25) is 0 Å². The third-order valence-electron chi connectivity index (χ3n) is 3.55. The number of rotatable bonds is 1. The Morgan fingerprint density at radius 2 is 2.11 bits per heavy atom. The van der Waals surface area contributed by atoms with E-state index in [4.69, 9.17) is 0 Å². The summed E-state index contributed by atoms with van der Waals surface area (Å²) in [7, 11) is 0. The number of hydrogen-bond donors (Lipinski definition) is 0. The first-order chi connectivity index (χ1) is 8.49. The van der Waals surface area contributed by atoms with Crippen LogP contribution in [-0.4, -0.2) is 23.4 Å². The van der Waals surface area contributed by atoms with Crippen LogP contribution in [0.1, 0.15) is 37.0 Å². The molecular weight excluding hydrogens is 297 g/mol. The third kappa shape index (κ3) is 2.74. The summed E-state index contributed by atoms with van der Waals surface area (Å²) in [6.07, 6.45) is 2.20. The van der Waals surface area contributed by atoms with Gasteiger partial charge < -0.3 is 4.90 Å². The lowest BCUT2D eigenvalue weighted by Crippen LogP contribution is -2.44. The van der Waals surface area contributed by atoms with E-state index in [1.54, 1.807) is 12.1 Å². The molecule has 2 nitrogen and oxygen atoms in total. The fourth-order valence-corrected chi connectivity index (χ4v) is 2.75. The van der Waals surface area contributed by atoms with Crippen molar-refractivity contribution in [2.75, 3.05) is 6.54 Å². The van der Waals surface area contributed by atoms with E-state index in [1.165, 1.54) is 6.07 Å². The number of nitrogens with zero attached hydrogens (tertiary/aromatic N) is 1. The van der Waals surface area contributed by atoms with Crippen molar-refractivity contribution in [2.24, 2.45) is 5.92 Å². The maximum Gasteiger partial charge on any atom is 0.254 e. The number of carbonyl (C=O) groups is 1. The van der Waals surface area contributed by atoms with Crippen molar-refractivity contribution in [3.63, 3.8) is 0 Å². The van der Waals surface area contributed by atoms with Crippen LogP contribution in [0.15, 0.2) is 22.7 Å². The van der Waals surface area contributed by atoms with E-state index < -0.39 is 0 Å². The van der Waals surface area contributed by atoms with Crippen LogP contribution in [0.5, 0.6) is 0 Å². The Morgan fingerprint density at radius 3 is 2.78 bits per heavy atom. The summed E-state index contributed by atoms with van der Waals surface area (Å²) >= 11 is 3.12. The fourth-order valence-electron chi connectivity index (χ4n) is 2.37. The molecule has 1 aliphatic rings. The molecule has 0 bridgehead atoms. The van der Waals surface area contributed by atoms with Gasteiger partial charge in [-0.1, -0.05) is 6.92 Å². The van der Waals surface area contributed by atoms with Crippen LogP contribution in [0.3, 0.4) is 0 Å². The molecule has 2 atom stereocenters. The third-order valence-corrected chi connectivity index (χ3v) is 4.15. The van der Waals surface area contributed by atoms with Crippen LogP contribution in [-0.2, 0) is 0 Å². The van der Waals surface area contributed by atoms with Crippen molar-refractivity contribution in [3.05, 3.63) is 34.1 Å². The zero-order chi connectivity index (χ0) is 13.3. The monoisotopic (exact) mass is 313 g/mol. The largest absolute Gasteiger partial charge is 0.336 e. The Labute approximate surface area is 115 Å². The molecule has 1 aromatic rings. The predicted molar refractivity (Wildman–Crippen MR) is 73.0 cm³/mol. The second-order valence-electron chi connectivity index (χ2n) is 5.12. The van der Waals surface area contributed by atoms with Gasteiger partial charge in [-0.2, -0.15) is 0 Å². The van der Waals surface area contributed by atoms with Gasteiger partial charge in [-0.25, -0.2) is 4.39 Å². The summed E-state index contributed by atoms with van der Waals surface area (Å²) < 4.78 is 13.5. The standard InChI is InChI=1S/C14H17BrFNO/c1-9-3-4-10(2)17(8-9)14(18)11-5-6-13(16)12(15)7-11/h5-7,9-10H,3-4,8H2,1-2H3. The summed E-state index contributed by atoms with van der Waals surface area (Å²) in [6, 6.07) is 4.70. The number of amides is 1. The highest BCUT2D eigenvalue weighted by Gasteiger charge is 2.27. The first-order valence-electron chi connectivity index (χ1n) is 6.25. The molecule has 0 radical (unpaired) electrons. The molecular formula is C14H17BrFNO. The van der Waals surface area contributed by atoms with Crippen molar-refractivity contribution >= 4 is 21.8 Å². The van der Waals surface area contributed by atoms with Crippen LogP contribution in [0.2, 0.25) is 0 Å². The normalized spacial score (nSPS) is 24.1. The van der Waals surface area contributed by atoms with Gasteiger partial charge in [0.05, 0.1) is 4.47 Å². The fraction of sp³-hybridized carbons (Fsp3) is 0.500. The van der Waals surface area contributed by atoms with Crippen molar-refractivity contribution in [3.8, 4) is 0 Å². The second kappa shape index (κ2) is 5.39. The van der Waals surface area contributed by atoms with E-state index in [0.29, 0.717) is 16.0 Å². The van der Waals surface area contributed by atoms with Crippen LogP contribution >= 0.6 is 15.9 Å². The molecule has 1 amide bonds.